The fourth-order valence-corrected chi connectivity index (χ4v) is 1.71. The maximum Gasteiger partial charge on any atom is 0.0916 e. The zero-order valence-electron chi connectivity index (χ0n) is 10.9. The lowest BCUT2D eigenvalue weighted by Gasteiger charge is -2.13. The Labute approximate surface area is 104 Å². The molecule has 0 aromatic carbocycles. The van der Waals surface area contributed by atoms with Crippen molar-refractivity contribution >= 4 is 5.71 Å². The number of allylic oxidation sites excluding steroid dienone is 2. The second-order valence-corrected chi connectivity index (χ2v) is 3.55. The molecule has 0 spiro atoms. The van der Waals surface area contributed by atoms with Gasteiger partial charge in [-0.15, -0.1) is 0 Å². The Hall–Kier alpha value is -1.70. The summed E-state index contributed by atoms with van der Waals surface area (Å²) in [6.07, 6.45) is 6.83. The van der Waals surface area contributed by atoms with Crippen molar-refractivity contribution in [2.45, 2.75) is 27.2 Å². The smallest absolute Gasteiger partial charge is 0.0916 e. The third kappa shape index (κ3) is 3.13. The first-order valence-corrected chi connectivity index (χ1v) is 6.12. The first kappa shape index (κ1) is 13.4. The van der Waals surface area contributed by atoms with Crippen LogP contribution in [0.5, 0.6) is 0 Å². The molecule has 0 atom stereocenters. The lowest BCUT2D eigenvalue weighted by molar-refractivity contribution is 0.981. The summed E-state index contributed by atoms with van der Waals surface area (Å²) in [5.41, 5.74) is 4.21. The van der Waals surface area contributed by atoms with Crippen molar-refractivity contribution < 1.29 is 0 Å². The summed E-state index contributed by atoms with van der Waals surface area (Å²) >= 11 is 0. The molecule has 2 rings (SSSR count). The highest BCUT2D eigenvalue weighted by Gasteiger charge is 2.13. The molecule has 0 amide bonds. The quantitative estimate of drug-likeness (QED) is 0.757. The molecule has 0 radical (unpaired) electrons. The summed E-state index contributed by atoms with van der Waals surface area (Å²) in [7, 11) is 0. The van der Waals surface area contributed by atoms with E-state index in [1.807, 2.05) is 26.0 Å². The molecule has 2 heteroatoms. The third-order valence-electron chi connectivity index (χ3n) is 2.49. The van der Waals surface area contributed by atoms with E-state index in [1.165, 1.54) is 0 Å². The van der Waals surface area contributed by atoms with Crippen LogP contribution in [0.4, 0.5) is 0 Å². The van der Waals surface area contributed by atoms with Crippen LogP contribution in [-0.4, -0.2) is 17.2 Å². The van der Waals surface area contributed by atoms with Crippen LogP contribution in [0.15, 0.2) is 47.6 Å². The first-order chi connectivity index (χ1) is 8.33. The molecule has 2 nitrogen and oxygen atoms in total. The highest BCUT2D eigenvalue weighted by Crippen LogP contribution is 2.16. The van der Waals surface area contributed by atoms with Gasteiger partial charge in [0.15, 0.2) is 0 Å². The molecule has 17 heavy (non-hydrogen) atoms. The van der Waals surface area contributed by atoms with E-state index in [0.29, 0.717) is 0 Å². The Morgan fingerprint density at radius 2 is 2.12 bits per heavy atom. The molecule has 0 saturated carbocycles. The lowest BCUT2D eigenvalue weighted by Crippen LogP contribution is -2.12. The molecular formula is C15H20N2. The van der Waals surface area contributed by atoms with E-state index in [2.05, 4.69) is 35.6 Å². The van der Waals surface area contributed by atoms with Crippen molar-refractivity contribution in [2.24, 2.45) is 4.99 Å². The normalized spacial score (nSPS) is 14.1. The number of hydrogen-bond donors (Lipinski definition) is 0. The maximum absolute atomic E-state index is 4.53. The third-order valence-corrected chi connectivity index (χ3v) is 2.49. The van der Waals surface area contributed by atoms with Gasteiger partial charge in [0.25, 0.3) is 0 Å². The Balaban J connectivity index is 0.000000686. The first-order valence-electron chi connectivity index (χ1n) is 6.12. The van der Waals surface area contributed by atoms with Gasteiger partial charge in [0.05, 0.1) is 11.4 Å². The fraction of sp³-hybridized carbons (Fsp3) is 0.333. The predicted molar refractivity (Wildman–Crippen MR) is 74.6 cm³/mol. The van der Waals surface area contributed by atoms with E-state index in [4.69, 9.17) is 0 Å². The molecule has 0 saturated heterocycles. The number of aliphatic imine (C=N–C) groups is 1. The highest BCUT2D eigenvalue weighted by atomic mass is 14.8. The summed E-state index contributed by atoms with van der Waals surface area (Å²) in [6.45, 7) is 10.7. The van der Waals surface area contributed by atoms with Gasteiger partial charge in [-0.2, -0.15) is 0 Å². The summed E-state index contributed by atoms with van der Waals surface area (Å²) in [5.74, 6) is 0. The van der Waals surface area contributed by atoms with Crippen LogP contribution in [0.2, 0.25) is 0 Å². The predicted octanol–water partition coefficient (Wildman–Crippen LogP) is 3.72. The van der Waals surface area contributed by atoms with Crippen molar-refractivity contribution in [1.29, 1.82) is 0 Å². The van der Waals surface area contributed by atoms with Gasteiger partial charge in [-0.3, -0.25) is 9.98 Å². The summed E-state index contributed by atoms with van der Waals surface area (Å²) in [4.78, 5) is 8.91. The highest BCUT2D eigenvalue weighted by molar-refractivity contribution is 6.14. The van der Waals surface area contributed by atoms with Crippen LogP contribution in [0, 0.1) is 6.92 Å². The van der Waals surface area contributed by atoms with Crippen LogP contribution >= 0.6 is 0 Å². The number of pyridine rings is 1. The minimum absolute atomic E-state index is 0.850. The monoisotopic (exact) mass is 228 g/mol. The van der Waals surface area contributed by atoms with Crippen molar-refractivity contribution in [3.05, 3.63) is 53.9 Å². The molecule has 90 valence electrons. The van der Waals surface area contributed by atoms with E-state index in [0.717, 1.165) is 35.5 Å². The second kappa shape index (κ2) is 6.79. The summed E-state index contributed by atoms with van der Waals surface area (Å²) < 4.78 is 0. The number of dihydropyridines is 1. The van der Waals surface area contributed by atoms with Crippen LogP contribution in [-0.2, 0) is 0 Å². The SMILES string of the molecule is C=CC1=CCCN=C1c1ncccc1C.CC. The molecule has 1 aromatic heterocycles. The molecule has 0 unspecified atom stereocenters. The number of rotatable bonds is 2. The Bertz CT molecular complexity index is 442. The average molecular weight is 228 g/mol. The van der Waals surface area contributed by atoms with Gasteiger partial charge >= 0.3 is 0 Å². The van der Waals surface area contributed by atoms with Crippen molar-refractivity contribution in [2.75, 3.05) is 6.54 Å². The number of aryl methyl sites for hydroxylation is 1. The summed E-state index contributed by atoms with van der Waals surface area (Å²) in [6, 6.07) is 4.00. The number of aromatic nitrogens is 1. The number of nitrogens with zero attached hydrogens (tertiary/aromatic N) is 2. The van der Waals surface area contributed by atoms with Gasteiger partial charge in [-0.25, -0.2) is 0 Å². The molecule has 1 aliphatic rings. The molecule has 2 heterocycles. The van der Waals surface area contributed by atoms with Crippen LogP contribution in [0.1, 0.15) is 31.5 Å². The van der Waals surface area contributed by atoms with Gasteiger partial charge in [-0.05, 0) is 30.5 Å². The van der Waals surface area contributed by atoms with E-state index in [-0.39, 0.29) is 0 Å². The van der Waals surface area contributed by atoms with E-state index >= 15 is 0 Å². The van der Waals surface area contributed by atoms with Gasteiger partial charge in [0, 0.05) is 12.7 Å². The largest absolute Gasteiger partial charge is 0.282 e. The van der Waals surface area contributed by atoms with Gasteiger partial charge in [0.2, 0.25) is 0 Å². The molecule has 0 fully saturated rings. The lowest BCUT2D eigenvalue weighted by atomic mass is 10.0. The van der Waals surface area contributed by atoms with Crippen molar-refractivity contribution in [3.63, 3.8) is 0 Å². The molecule has 0 N–H and O–H groups in total. The van der Waals surface area contributed by atoms with Gasteiger partial charge in [-0.1, -0.05) is 38.6 Å². The van der Waals surface area contributed by atoms with Crippen LogP contribution in [0.25, 0.3) is 0 Å². The Kier molecular flexibility index (Phi) is 5.34. The Morgan fingerprint density at radius 1 is 1.35 bits per heavy atom. The van der Waals surface area contributed by atoms with Crippen molar-refractivity contribution in [3.8, 4) is 0 Å². The minimum Gasteiger partial charge on any atom is -0.282 e. The van der Waals surface area contributed by atoms with Gasteiger partial charge in [0.1, 0.15) is 0 Å². The fourth-order valence-electron chi connectivity index (χ4n) is 1.71. The topological polar surface area (TPSA) is 25.2 Å². The molecule has 1 aromatic rings. The zero-order chi connectivity index (χ0) is 12.7. The minimum atomic E-state index is 0.850. The van der Waals surface area contributed by atoms with Crippen LogP contribution < -0.4 is 0 Å². The molecule has 0 bridgehead atoms. The average Bonchev–Trinajstić information content (AvgIpc) is 2.41. The molecular weight excluding hydrogens is 208 g/mol. The molecule has 1 aliphatic heterocycles. The van der Waals surface area contributed by atoms with Crippen LogP contribution in [0.3, 0.4) is 0 Å². The maximum atomic E-state index is 4.53. The van der Waals surface area contributed by atoms with E-state index < -0.39 is 0 Å². The Morgan fingerprint density at radius 3 is 2.76 bits per heavy atom. The van der Waals surface area contributed by atoms with Gasteiger partial charge < -0.3 is 0 Å². The summed E-state index contributed by atoms with van der Waals surface area (Å²) in [5, 5.41) is 0. The second-order valence-electron chi connectivity index (χ2n) is 3.55. The van der Waals surface area contributed by atoms with Crippen molar-refractivity contribution in [1.82, 2.24) is 4.98 Å². The standard InChI is InChI=1S/C13H14N2.C2H6/c1-3-11-7-5-9-15-13(11)12-10(2)6-4-8-14-12;1-2/h3-4,6-8H,1,5,9H2,2H3;1-2H3. The number of hydrogen-bond acceptors (Lipinski definition) is 2. The van der Waals surface area contributed by atoms with E-state index in [9.17, 15) is 0 Å². The molecule has 0 aliphatic carbocycles. The van der Waals surface area contributed by atoms with E-state index in [1.54, 1.807) is 6.20 Å². The zero-order valence-corrected chi connectivity index (χ0v) is 10.9.